The minimum Gasteiger partial charge on any atom is -0.293 e. The monoisotopic (exact) mass is 180 g/mol. The molecule has 62 valence electrons. The number of carbonyl (C=O) groups excluding carboxylic acids is 1. The number of Topliss-reactive ketones (excluding diaryl/α,β-unsaturated/α-hetero) is 1. The van der Waals surface area contributed by atoms with Crippen LogP contribution < -0.4 is 0 Å². The Morgan fingerprint density at radius 3 is 3.08 bits per heavy atom. The second-order valence-electron chi connectivity index (χ2n) is 2.73. The summed E-state index contributed by atoms with van der Waals surface area (Å²) in [6.45, 7) is 3.55. The predicted molar refractivity (Wildman–Crippen MR) is 48.7 cm³/mol. The maximum atomic E-state index is 11.1. The Hall–Kier alpha value is -1.16. The fraction of sp³-hybridized carbons (Fsp3) is 0.250. The number of hydrogen-bond donors (Lipinski definition) is 1. The highest BCUT2D eigenvalue weighted by atomic mass is 32.1. The summed E-state index contributed by atoms with van der Waals surface area (Å²) < 4.78 is 0.972. The highest BCUT2D eigenvalue weighted by molar-refractivity contribution is 7.19. The Labute approximate surface area is 73.4 Å². The molecule has 2 heterocycles. The van der Waals surface area contributed by atoms with Crippen molar-refractivity contribution in [3.63, 3.8) is 0 Å². The van der Waals surface area contributed by atoms with Crippen molar-refractivity contribution in [2.24, 2.45) is 0 Å². The lowest BCUT2D eigenvalue weighted by atomic mass is 10.3. The number of ketones is 1. The minimum absolute atomic E-state index is 0.0168. The maximum absolute atomic E-state index is 11.1. The lowest BCUT2D eigenvalue weighted by molar-refractivity contribution is 0.101. The molecule has 0 saturated carbocycles. The molecule has 12 heavy (non-hydrogen) atoms. The molecule has 0 saturated heterocycles. The van der Waals surface area contributed by atoms with Crippen LogP contribution >= 0.6 is 11.3 Å². The summed E-state index contributed by atoms with van der Waals surface area (Å²) in [6, 6.07) is 2.00. The van der Waals surface area contributed by atoms with Crippen LogP contribution in [0, 0.1) is 6.92 Å². The number of carbonyl (C=O) groups is 1. The normalized spacial score (nSPS) is 10.8. The molecule has 0 bridgehead atoms. The summed E-state index contributed by atoms with van der Waals surface area (Å²) in [5, 5.41) is 6.76. The van der Waals surface area contributed by atoms with Crippen LogP contribution in [0.4, 0.5) is 0 Å². The average Bonchev–Trinajstić information content (AvgIpc) is 2.43. The maximum Gasteiger partial charge on any atom is 0.181 e. The SMILES string of the molecule is CC(=O)c1n[nH]c2cc(C)sc12. The number of hydrogen-bond acceptors (Lipinski definition) is 3. The third-order valence-electron chi connectivity index (χ3n) is 1.69. The fourth-order valence-electron chi connectivity index (χ4n) is 1.18. The molecular weight excluding hydrogens is 172 g/mol. The molecule has 2 aromatic heterocycles. The molecular formula is C8H8N2OS. The van der Waals surface area contributed by atoms with Gasteiger partial charge < -0.3 is 0 Å². The molecule has 1 N–H and O–H groups in total. The van der Waals surface area contributed by atoms with Gasteiger partial charge in [0.2, 0.25) is 0 Å². The summed E-state index contributed by atoms with van der Waals surface area (Å²) in [5.41, 5.74) is 1.52. The Balaban J connectivity index is 2.76. The van der Waals surface area contributed by atoms with Crippen molar-refractivity contribution in [2.45, 2.75) is 13.8 Å². The zero-order valence-electron chi connectivity index (χ0n) is 6.84. The number of aromatic amines is 1. The average molecular weight is 180 g/mol. The van der Waals surface area contributed by atoms with Gasteiger partial charge in [0.15, 0.2) is 5.78 Å². The van der Waals surface area contributed by atoms with Crippen molar-refractivity contribution in [2.75, 3.05) is 0 Å². The second kappa shape index (κ2) is 2.42. The summed E-state index contributed by atoms with van der Waals surface area (Å²) in [6.07, 6.45) is 0. The first-order chi connectivity index (χ1) is 5.68. The summed E-state index contributed by atoms with van der Waals surface area (Å²) in [5.74, 6) is 0.0168. The number of aryl methyl sites for hydroxylation is 1. The van der Waals surface area contributed by atoms with Gasteiger partial charge in [-0.3, -0.25) is 9.89 Å². The van der Waals surface area contributed by atoms with E-state index in [4.69, 9.17) is 0 Å². The first-order valence-electron chi connectivity index (χ1n) is 3.64. The van der Waals surface area contributed by atoms with E-state index in [9.17, 15) is 4.79 Å². The second-order valence-corrected chi connectivity index (χ2v) is 3.98. The molecule has 2 aromatic rings. The van der Waals surface area contributed by atoms with E-state index >= 15 is 0 Å². The molecule has 3 nitrogen and oxygen atoms in total. The van der Waals surface area contributed by atoms with Gasteiger partial charge in [-0.15, -0.1) is 11.3 Å². The lowest BCUT2D eigenvalue weighted by Crippen LogP contribution is -1.91. The van der Waals surface area contributed by atoms with Gasteiger partial charge in [0.1, 0.15) is 5.69 Å². The van der Waals surface area contributed by atoms with Gasteiger partial charge in [0, 0.05) is 11.8 Å². The third kappa shape index (κ3) is 0.956. The standard InChI is InChI=1S/C8H8N2OS/c1-4-3-6-8(12-4)7(5(2)11)10-9-6/h3H,1-2H3,(H,9,10). The van der Waals surface area contributed by atoms with E-state index in [2.05, 4.69) is 10.2 Å². The van der Waals surface area contributed by atoms with Crippen LogP contribution in [0.1, 0.15) is 22.3 Å². The molecule has 0 atom stereocenters. The molecule has 2 rings (SSSR count). The van der Waals surface area contributed by atoms with Gasteiger partial charge in [-0.05, 0) is 13.0 Å². The van der Waals surface area contributed by atoms with E-state index in [1.165, 1.54) is 11.8 Å². The largest absolute Gasteiger partial charge is 0.293 e. The molecule has 4 heteroatoms. The molecule has 0 aromatic carbocycles. The van der Waals surface area contributed by atoms with Crippen molar-refractivity contribution >= 4 is 27.3 Å². The van der Waals surface area contributed by atoms with Crippen LogP contribution in [0.5, 0.6) is 0 Å². The third-order valence-corrected chi connectivity index (χ3v) is 2.75. The van der Waals surface area contributed by atoms with Crippen LogP contribution in [0.25, 0.3) is 10.2 Å². The molecule has 0 unspecified atom stereocenters. The van der Waals surface area contributed by atoms with E-state index in [0.29, 0.717) is 5.69 Å². The Morgan fingerprint density at radius 2 is 2.42 bits per heavy atom. The van der Waals surface area contributed by atoms with Crippen LogP contribution in [0.3, 0.4) is 0 Å². The highest BCUT2D eigenvalue weighted by Crippen LogP contribution is 2.26. The van der Waals surface area contributed by atoms with Gasteiger partial charge in [-0.25, -0.2) is 0 Å². The van der Waals surface area contributed by atoms with Crippen LogP contribution in [-0.4, -0.2) is 16.0 Å². The summed E-state index contributed by atoms with van der Waals surface area (Å²) in [4.78, 5) is 12.2. The topological polar surface area (TPSA) is 45.8 Å². The summed E-state index contributed by atoms with van der Waals surface area (Å²) in [7, 11) is 0. The molecule has 0 aliphatic carbocycles. The van der Waals surface area contributed by atoms with Gasteiger partial charge in [-0.1, -0.05) is 0 Å². The number of nitrogens with zero attached hydrogens (tertiary/aromatic N) is 1. The van der Waals surface area contributed by atoms with Gasteiger partial charge in [0.25, 0.3) is 0 Å². The quantitative estimate of drug-likeness (QED) is 0.683. The first kappa shape index (κ1) is 7.49. The minimum atomic E-state index is 0.0168. The van der Waals surface area contributed by atoms with Crippen molar-refractivity contribution in [3.05, 3.63) is 16.6 Å². The Morgan fingerprint density at radius 1 is 1.67 bits per heavy atom. The van der Waals surface area contributed by atoms with E-state index < -0.39 is 0 Å². The molecule has 0 aliphatic rings. The zero-order chi connectivity index (χ0) is 8.72. The van der Waals surface area contributed by atoms with Gasteiger partial charge in [-0.2, -0.15) is 5.10 Å². The van der Waals surface area contributed by atoms with Crippen LogP contribution in [0.15, 0.2) is 6.07 Å². The van der Waals surface area contributed by atoms with Crippen molar-refractivity contribution < 1.29 is 4.79 Å². The molecule has 0 aliphatic heterocycles. The number of rotatable bonds is 1. The fourth-order valence-corrected chi connectivity index (χ4v) is 2.18. The molecule has 0 amide bonds. The molecule has 0 fully saturated rings. The van der Waals surface area contributed by atoms with E-state index in [-0.39, 0.29) is 5.78 Å². The lowest BCUT2D eigenvalue weighted by Gasteiger charge is -1.83. The van der Waals surface area contributed by atoms with E-state index in [0.717, 1.165) is 10.2 Å². The molecule has 0 radical (unpaired) electrons. The highest BCUT2D eigenvalue weighted by Gasteiger charge is 2.11. The number of aromatic nitrogens is 2. The van der Waals surface area contributed by atoms with E-state index in [1.54, 1.807) is 11.3 Å². The predicted octanol–water partition coefficient (Wildman–Crippen LogP) is 2.14. The Kier molecular flexibility index (Phi) is 1.51. The number of fused-ring (bicyclic) bond motifs is 1. The summed E-state index contributed by atoms with van der Waals surface area (Å²) >= 11 is 1.60. The molecule has 0 spiro atoms. The van der Waals surface area contributed by atoms with Crippen molar-refractivity contribution in [3.8, 4) is 0 Å². The Bertz CT molecular complexity index is 441. The number of H-pyrrole nitrogens is 1. The van der Waals surface area contributed by atoms with Crippen molar-refractivity contribution in [1.29, 1.82) is 0 Å². The van der Waals surface area contributed by atoms with Crippen molar-refractivity contribution in [1.82, 2.24) is 10.2 Å². The van der Waals surface area contributed by atoms with E-state index in [1.807, 2.05) is 13.0 Å². The first-order valence-corrected chi connectivity index (χ1v) is 4.45. The number of thiophene rings is 1. The van der Waals surface area contributed by atoms with Crippen LogP contribution in [0.2, 0.25) is 0 Å². The van der Waals surface area contributed by atoms with Crippen LogP contribution in [-0.2, 0) is 0 Å². The number of nitrogens with one attached hydrogen (secondary N) is 1. The smallest absolute Gasteiger partial charge is 0.181 e. The zero-order valence-corrected chi connectivity index (χ0v) is 7.66. The van der Waals surface area contributed by atoms with Gasteiger partial charge in [0.05, 0.1) is 10.2 Å². The van der Waals surface area contributed by atoms with Gasteiger partial charge >= 0.3 is 0 Å².